The Bertz CT molecular complexity index is 3100. The maximum absolute atomic E-state index is 13.8. The number of nitrogens with zero attached hydrogens (tertiary/aromatic N) is 8. The molecule has 378 valence electrons. The third-order valence-corrected chi connectivity index (χ3v) is 15.1. The number of hydrogen-bond donors (Lipinski definition) is 7. The molecule has 6 aromatic rings. The van der Waals surface area contributed by atoms with E-state index in [0.717, 1.165) is 17.3 Å². The molecule has 4 aliphatic heterocycles. The summed E-state index contributed by atoms with van der Waals surface area (Å²) in [6, 6.07) is 9.40. The number of nitrogen functional groups attached to an aromatic ring is 1. The number of aromatic amines is 1. The van der Waals surface area contributed by atoms with Crippen LogP contribution in [-0.2, 0) is 53.0 Å². The molecule has 10 unspecified atom stereocenters. The molecule has 5 aromatic heterocycles. The number of hydrogen-bond acceptors (Lipinski definition) is 21. The molecule has 10 atom stereocenters. The minimum Gasteiger partial charge on any atom is -0.386 e. The Balaban J connectivity index is 0.660. The fourth-order valence-corrected chi connectivity index (χ4v) is 11.6. The lowest BCUT2D eigenvalue weighted by Crippen LogP contribution is -2.38. The van der Waals surface area contributed by atoms with Crippen LogP contribution in [-0.4, -0.2) is 152 Å². The Labute approximate surface area is 414 Å². The van der Waals surface area contributed by atoms with Crippen LogP contribution < -0.4 is 27.5 Å². The van der Waals surface area contributed by atoms with Gasteiger partial charge in [0.2, 0.25) is 23.5 Å². The number of aliphatic hydroxyl groups is 2. The van der Waals surface area contributed by atoms with E-state index >= 15 is 0 Å². The van der Waals surface area contributed by atoms with Crippen molar-refractivity contribution in [3.05, 3.63) is 62.0 Å². The second-order valence-corrected chi connectivity index (χ2v) is 20.2. The maximum atomic E-state index is 13.8. The number of rotatable bonds is 18. The van der Waals surface area contributed by atoms with Gasteiger partial charge < -0.3 is 59.7 Å². The number of ether oxygens (including phenoxy) is 3. The third-order valence-electron chi connectivity index (χ3n) is 12.0. The minimum atomic E-state index is -2.41. The molecule has 0 aliphatic carbocycles. The van der Waals surface area contributed by atoms with Crippen LogP contribution >= 0.6 is 44.5 Å². The molecule has 0 radical (unpaired) electrons. The van der Waals surface area contributed by atoms with E-state index in [1.54, 1.807) is 6.20 Å². The van der Waals surface area contributed by atoms with Gasteiger partial charge in [0.1, 0.15) is 37.1 Å². The van der Waals surface area contributed by atoms with Crippen molar-refractivity contribution in [3.63, 3.8) is 0 Å². The van der Waals surface area contributed by atoms with E-state index in [1.807, 2.05) is 30.3 Å². The number of halogens is 1. The number of amides is 2. The number of anilines is 1. The van der Waals surface area contributed by atoms with Gasteiger partial charge in [0.25, 0.3) is 11.1 Å². The SMILES string of the molecule is Nc1nc2c(nc(Br)n2C2OC3CO[P+](=O)OC3C2O)c(=O)n1CCCC(=O)NCCCOCCCNC(=O)CSc1nc2c(=O)n3cc(-c4ccccc4)[nH]c3nc2n1C1OC2COP(O)OC2C1O. The molecule has 1 aromatic carbocycles. The van der Waals surface area contributed by atoms with E-state index in [0.29, 0.717) is 44.8 Å². The van der Waals surface area contributed by atoms with Crippen LogP contribution in [0.5, 0.6) is 0 Å². The zero-order valence-electron chi connectivity index (χ0n) is 37.1. The second kappa shape index (κ2) is 21.3. The second-order valence-electron chi connectivity index (χ2n) is 16.6. The predicted molar refractivity (Wildman–Crippen MR) is 253 cm³/mol. The summed E-state index contributed by atoms with van der Waals surface area (Å²) in [5.74, 6) is -0.555. The molecule has 10 rings (SSSR count). The lowest BCUT2D eigenvalue weighted by Gasteiger charge is -2.27. The van der Waals surface area contributed by atoms with Crippen LogP contribution in [0.15, 0.2) is 56.0 Å². The van der Waals surface area contributed by atoms with Crippen LogP contribution in [0.4, 0.5) is 5.95 Å². The van der Waals surface area contributed by atoms with Crippen LogP contribution in [0.2, 0.25) is 0 Å². The Kier molecular flexibility index (Phi) is 14.9. The molecule has 2 amide bonds. The van der Waals surface area contributed by atoms with Crippen molar-refractivity contribution in [1.29, 1.82) is 0 Å². The average molecular weight is 1110 g/mol. The van der Waals surface area contributed by atoms with Gasteiger partial charge in [0.15, 0.2) is 50.8 Å². The van der Waals surface area contributed by atoms with Gasteiger partial charge in [-0.05, 0) is 40.8 Å². The van der Waals surface area contributed by atoms with Crippen LogP contribution in [0.1, 0.15) is 38.1 Å². The van der Waals surface area contributed by atoms with Gasteiger partial charge in [-0.3, -0.25) is 32.9 Å². The molecule has 4 aliphatic rings. The van der Waals surface area contributed by atoms with Crippen molar-refractivity contribution in [2.24, 2.45) is 0 Å². The highest BCUT2D eigenvalue weighted by atomic mass is 79.9. The number of aromatic nitrogens is 9. The molecular formula is C40H46BrN12O15P2S+. The molecule has 9 heterocycles. The lowest BCUT2D eigenvalue weighted by atomic mass is 10.1. The summed E-state index contributed by atoms with van der Waals surface area (Å²) in [7, 11) is -4.62. The smallest absolute Gasteiger partial charge is 0.386 e. The molecule has 31 heteroatoms. The molecule has 0 bridgehead atoms. The van der Waals surface area contributed by atoms with Gasteiger partial charge >= 0.3 is 16.9 Å². The first-order chi connectivity index (χ1) is 34.3. The number of carbonyl (C=O) groups is 2. The molecule has 27 nitrogen and oxygen atoms in total. The number of H-pyrrole nitrogens is 1. The first-order valence-corrected chi connectivity index (χ1v) is 26.3. The van der Waals surface area contributed by atoms with E-state index in [-0.39, 0.29) is 94.1 Å². The summed E-state index contributed by atoms with van der Waals surface area (Å²) in [5.41, 5.74) is 6.76. The fourth-order valence-electron chi connectivity index (χ4n) is 8.60. The van der Waals surface area contributed by atoms with Crippen molar-refractivity contribution in [2.75, 3.05) is 51.0 Å². The molecular weight excluding hydrogens is 1060 g/mol. The lowest BCUT2D eigenvalue weighted by molar-refractivity contribution is -0.121. The highest BCUT2D eigenvalue weighted by molar-refractivity contribution is 9.10. The van der Waals surface area contributed by atoms with E-state index in [4.69, 9.17) is 43.0 Å². The van der Waals surface area contributed by atoms with Crippen molar-refractivity contribution < 1.29 is 61.6 Å². The number of carbonyl (C=O) groups excluding carboxylic acids is 2. The van der Waals surface area contributed by atoms with Crippen molar-refractivity contribution in [1.82, 2.24) is 53.7 Å². The Morgan fingerprint density at radius 2 is 1.61 bits per heavy atom. The summed E-state index contributed by atoms with van der Waals surface area (Å²) >= 11 is 4.34. The number of thioether (sulfide) groups is 1. The first kappa shape index (κ1) is 49.7. The molecule has 4 fully saturated rings. The molecule has 0 saturated carbocycles. The summed E-state index contributed by atoms with van der Waals surface area (Å²) in [4.78, 5) is 84.0. The quantitative estimate of drug-likeness (QED) is 0.0274. The standard InChI is InChI=1S/C40H45BrN12O15P2S/c41-37-46-25-31(52(37)35-27(56)29-21(65-35)16-63-69(60)67-29)48-38(42)50(33(25)58)12-4-9-23(54)43-10-5-13-62-14-6-11-44-24(55)18-71-40-47-26-32(53(40)36-28(57)30-22(66-36)17-64-70(61)68-30)49-39-45-20(15-51(39)34(26)59)19-7-2-1-3-8-19/h1-3,7-8,15,21-22,27-30,35-36,56-57,61H,4-6,9-14,16-18H2,(H4-,42,43,44,45,48,49,54,55,58,59)/p+1. The van der Waals surface area contributed by atoms with Crippen molar-refractivity contribution in [2.45, 2.75) is 86.5 Å². The van der Waals surface area contributed by atoms with Gasteiger partial charge in [-0.25, -0.2) is 14.4 Å². The van der Waals surface area contributed by atoms with Crippen molar-refractivity contribution >= 4 is 90.4 Å². The van der Waals surface area contributed by atoms with Gasteiger partial charge in [0, 0.05) is 50.0 Å². The number of imidazole rings is 3. The number of fused-ring (bicyclic) bond motifs is 5. The summed E-state index contributed by atoms with van der Waals surface area (Å²) in [6.07, 6.45) is -5.04. The number of aliphatic hydroxyl groups excluding tert-OH is 2. The third kappa shape index (κ3) is 10.1. The monoisotopic (exact) mass is 1110 g/mol. The van der Waals surface area contributed by atoms with Gasteiger partial charge in [0.05, 0.1) is 18.1 Å². The van der Waals surface area contributed by atoms with Gasteiger partial charge in [-0.1, -0.05) is 42.1 Å². The average Bonchev–Trinajstić information content (AvgIpc) is 4.17. The molecule has 8 N–H and O–H groups in total. The normalized spacial score (nSPS) is 25.8. The van der Waals surface area contributed by atoms with Crippen LogP contribution in [0, 0.1) is 0 Å². The Morgan fingerprint density at radius 1 is 0.915 bits per heavy atom. The van der Waals surface area contributed by atoms with E-state index in [9.17, 15) is 38.8 Å². The molecule has 71 heavy (non-hydrogen) atoms. The van der Waals surface area contributed by atoms with E-state index in [2.05, 4.69) is 46.5 Å². The number of nitrogens with one attached hydrogen (secondary N) is 3. The summed E-state index contributed by atoms with van der Waals surface area (Å²) in [5, 5.41) is 28.1. The fraction of sp³-hybridized carbons (Fsp3) is 0.500. The summed E-state index contributed by atoms with van der Waals surface area (Å²) < 4.78 is 56.0. The van der Waals surface area contributed by atoms with E-state index < -0.39 is 77.1 Å². The molecule has 0 spiro atoms. The topological polar surface area (TPSA) is 347 Å². The highest BCUT2D eigenvalue weighted by Gasteiger charge is 2.55. The number of benzene rings is 1. The van der Waals surface area contributed by atoms with Crippen LogP contribution in [0.25, 0.3) is 39.4 Å². The van der Waals surface area contributed by atoms with Crippen LogP contribution in [0.3, 0.4) is 0 Å². The van der Waals surface area contributed by atoms with Crippen molar-refractivity contribution in [3.8, 4) is 11.3 Å². The minimum absolute atomic E-state index is 0.00824. The van der Waals surface area contributed by atoms with E-state index in [1.165, 1.54) is 18.1 Å². The summed E-state index contributed by atoms with van der Waals surface area (Å²) in [6.45, 7) is 1.36. The predicted octanol–water partition coefficient (Wildman–Crippen LogP) is 1.12. The Hall–Kier alpha value is -4.84. The largest absolute Gasteiger partial charge is 0.697 e. The Morgan fingerprint density at radius 3 is 2.38 bits per heavy atom. The zero-order valence-corrected chi connectivity index (χ0v) is 41.3. The molecule has 4 saturated heterocycles. The zero-order chi connectivity index (χ0) is 49.5. The number of nitrogens with two attached hydrogens (primary N) is 1. The van der Waals surface area contributed by atoms with Gasteiger partial charge in [-0.2, -0.15) is 9.97 Å². The first-order valence-electron chi connectivity index (χ1n) is 22.3. The highest BCUT2D eigenvalue weighted by Crippen LogP contribution is 2.48. The maximum Gasteiger partial charge on any atom is 0.697 e. The van der Waals surface area contributed by atoms with Gasteiger partial charge in [-0.15, -0.1) is 9.05 Å².